The van der Waals surface area contributed by atoms with Gasteiger partial charge in [0.05, 0.1) is 0 Å². The number of rotatable bonds is 7. The molecule has 0 bridgehead atoms. The molecular weight excluding hydrogens is 294 g/mol. The number of carbonyl (C=O) groups excluding carboxylic acids is 1. The number of carbonyl (C=O) groups is 1. The average molecular weight is 323 g/mol. The fraction of sp³-hybridized carbons (Fsp3) is 0.588. The molecule has 6 nitrogen and oxygen atoms in total. The molecule has 0 radical (unpaired) electrons. The normalized spacial score (nSPS) is 12.8. The SMILES string of the molecule is CC(C)NC(=O)Nc1ccc(OCC(O)CNC(C)(C)C)cc1. The lowest BCUT2D eigenvalue weighted by molar-refractivity contribution is 0.100. The number of β-amino-alcohol motifs (C(OH)–C–C–N with tert-alkyl or cyclic N) is 1. The first kappa shape index (κ1) is 19.3. The van der Waals surface area contributed by atoms with Gasteiger partial charge in [0.15, 0.2) is 0 Å². The highest BCUT2D eigenvalue weighted by molar-refractivity contribution is 5.89. The first-order valence-corrected chi connectivity index (χ1v) is 7.89. The van der Waals surface area contributed by atoms with Crippen LogP contribution in [0.3, 0.4) is 0 Å². The van der Waals surface area contributed by atoms with Crippen LogP contribution in [0.25, 0.3) is 0 Å². The number of hydrogen-bond acceptors (Lipinski definition) is 4. The summed E-state index contributed by atoms with van der Waals surface area (Å²) in [6.45, 7) is 10.6. The zero-order valence-electron chi connectivity index (χ0n) is 14.6. The average Bonchev–Trinajstić information content (AvgIpc) is 2.42. The van der Waals surface area contributed by atoms with E-state index < -0.39 is 6.10 Å². The number of hydrogen-bond donors (Lipinski definition) is 4. The van der Waals surface area contributed by atoms with E-state index in [2.05, 4.69) is 16.0 Å². The van der Waals surface area contributed by atoms with Gasteiger partial charge >= 0.3 is 6.03 Å². The van der Waals surface area contributed by atoms with Crippen LogP contribution < -0.4 is 20.7 Å². The molecule has 0 saturated heterocycles. The van der Waals surface area contributed by atoms with E-state index in [9.17, 15) is 9.90 Å². The van der Waals surface area contributed by atoms with Crippen molar-refractivity contribution in [3.05, 3.63) is 24.3 Å². The highest BCUT2D eigenvalue weighted by atomic mass is 16.5. The fourth-order valence-electron chi connectivity index (χ4n) is 1.74. The lowest BCUT2D eigenvalue weighted by Gasteiger charge is -2.23. The van der Waals surface area contributed by atoms with Crippen LogP contribution in [0.2, 0.25) is 0 Å². The molecule has 0 aliphatic rings. The molecule has 0 aliphatic heterocycles. The maximum absolute atomic E-state index is 11.6. The Balaban J connectivity index is 2.38. The Morgan fingerprint density at radius 1 is 1.22 bits per heavy atom. The molecule has 1 aromatic rings. The lowest BCUT2D eigenvalue weighted by Crippen LogP contribution is -2.42. The van der Waals surface area contributed by atoms with Crippen LogP contribution in [0.1, 0.15) is 34.6 Å². The van der Waals surface area contributed by atoms with Gasteiger partial charge in [-0.25, -0.2) is 4.79 Å². The number of aliphatic hydroxyl groups excluding tert-OH is 1. The Morgan fingerprint density at radius 3 is 2.35 bits per heavy atom. The van der Waals surface area contributed by atoms with Gasteiger partial charge in [-0.05, 0) is 58.9 Å². The summed E-state index contributed by atoms with van der Waals surface area (Å²) >= 11 is 0. The Labute approximate surface area is 138 Å². The number of aliphatic hydroxyl groups is 1. The van der Waals surface area contributed by atoms with Crippen LogP contribution >= 0.6 is 0 Å². The predicted octanol–water partition coefficient (Wildman–Crippen LogP) is 2.34. The van der Waals surface area contributed by atoms with Crippen LogP contribution in [0.15, 0.2) is 24.3 Å². The Hall–Kier alpha value is -1.79. The quantitative estimate of drug-likeness (QED) is 0.621. The summed E-state index contributed by atoms with van der Waals surface area (Å²) in [7, 11) is 0. The van der Waals surface area contributed by atoms with Crippen LogP contribution in [-0.4, -0.2) is 42.0 Å². The van der Waals surface area contributed by atoms with E-state index in [0.717, 1.165) is 0 Å². The molecular formula is C17H29N3O3. The van der Waals surface area contributed by atoms with Gasteiger partial charge in [0.1, 0.15) is 18.5 Å². The number of nitrogens with one attached hydrogen (secondary N) is 3. The summed E-state index contributed by atoms with van der Waals surface area (Å²) < 4.78 is 5.54. The monoisotopic (exact) mass is 323 g/mol. The summed E-state index contributed by atoms with van der Waals surface area (Å²) in [5.74, 6) is 0.648. The zero-order chi connectivity index (χ0) is 17.5. The second-order valence-electron chi connectivity index (χ2n) is 6.87. The van der Waals surface area contributed by atoms with Gasteiger partial charge in [-0.1, -0.05) is 0 Å². The third-order valence-electron chi connectivity index (χ3n) is 2.84. The number of ether oxygens (including phenoxy) is 1. The van der Waals surface area contributed by atoms with E-state index in [1.807, 2.05) is 34.6 Å². The largest absolute Gasteiger partial charge is 0.491 e. The van der Waals surface area contributed by atoms with E-state index in [0.29, 0.717) is 18.0 Å². The third kappa shape index (κ3) is 9.05. The van der Waals surface area contributed by atoms with Crippen molar-refractivity contribution in [1.29, 1.82) is 0 Å². The van der Waals surface area contributed by atoms with Gasteiger partial charge in [-0.15, -0.1) is 0 Å². The van der Waals surface area contributed by atoms with Gasteiger partial charge < -0.3 is 25.8 Å². The fourth-order valence-corrected chi connectivity index (χ4v) is 1.74. The van der Waals surface area contributed by atoms with E-state index in [1.54, 1.807) is 24.3 Å². The second-order valence-corrected chi connectivity index (χ2v) is 6.87. The van der Waals surface area contributed by atoms with Crippen molar-refractivity contribution in [3.63, 3.8) is 0 Å². The highest BCUT2D eigenvalue weighted by Gasteiger charge is 2.12. The standard InChI is InChI=1S/C17H29N3O3/c1-12(2)19-16(22)20-13-6-8-15(9-7-13)23-11-14(21)10-18-17(3,4)5/h6-9,12,14,18,21H,10-11H2,1-5H3,(H2,19,20,22). The topological polar surface area (TPSA) is 82.6 Å². The minimum atomic E-state index is -0.580. The van der Waals surface area contributed by atoms with Gasteiger partial charge in [0.25, 0.3) is 0 Å². The summed E-state index contributed by atoms with van der Waals surface area (Å²) in [5.41, 5.74) is 0.649. The van der Waals surface area contributed by atoms with Gasteiger partial charge in [0.2, 0.25) is 0 Å². The molecule has 4 N–H and O–H groups in total. The molecule has 23 heavy (non-hydrogen) atoms. The number of benzene rings is 1. The first-order valence-electron chi connectivity index (χ1n) is 7.89. The minimum absolute atomic E-state index is 0.0368. The van der Waals surface area contributed by atoms with Crippen molar-refractivity contribution < 1.29 is 14.6 Å². The van der Waals surface area contributed by atoms with Crippen LogP contribution in [0.4, 0.5) is 10.5 Å². The summed E-state index contributed by atoms with van der Waals surface area (Å²) in [6.07, 6.45) is -0.580. The summed E-state index contributed by atoms with van der Waals surface area (Å²) in [5, 5.41) is 18.6. The van der Waals surface area contributed by atoms with E-state index in [4.69, 9.17) is 4.74 Å². The molecule has 0 spiro atoms. The van der Waals surface area contributed by atoms with Gasteiger partial charge in [-0.2, -0.15) is 0 Å². The molecule has 1 aromatic carbocycles. The molecule has 1 unspecified atom stereocenters. The number of anilines is 1. The molecule has 0 fully saturated rings. The van der Waals surface area contributed by atoms with Crippen molar-refractivity contribution in [3.8, 4) is 5.75 Å². The number of amides is 2. The zero-order valence-corrected chi connectivity index (χ0v) is 14.6. The number of urea groups is 1. The van der Waals surface area contributed by atoms with Crippen molar-refractivity contribution in [1.82, 2.24) is 10.6 Å². The maximum atomic E-state index is 11.6. The van der Waals surface area contributed by atoms with Crippen molar-refractivity contribution in [2.24, 2.45) is 0 Å². The van der Waals surface area contributed by atoms with Crippen LogP contribution in [-0.2, 0) is 0 Å². The molecule has 0 heterocycles. The molecule has 0 aliphatic carbocycles. The lowest BCUT2D eigenvalue weighted by atomic mass is 10.1. The summed E-state index contributed by atoms with van der Waals surface area (Å²) in [6, 6.07) is 6.88. The van der Waals surface area contributed by atoms with Gasteiger partial charge in [0, 0.05) is 23.8 Å². The van der Waals surface area contributed by atoms with E-state index in [1.165, 1.54) is 0 Å². The Morgan fingerprint density at radius 2 is 1.83 bits per heavy atom. The Bertz CT molecular complexity index is 481. The Kier molecular flexibility index (Phi) is 7.32. The summed E-state index contributed by atoms with van der Waals surface area (Å²) in [4.78, 5) is 11.6. The van der Waals surface area contributed by atoms with Crippen LogP contribution in [0, 0.1) is 0 Å². The van der Waals surface area contributed by atoms with Crippen LogP contribution in [0.5, 0.6) is 5.75 Å². The smallest absolute Gasteiger partial charge is 0.319 e. The highest BCUT2D eigenvalue weighted by Crippen LogP contribution is 2.15. The van der Waals surface area contributed by atoms with Crippen molar-refractivity contribution in [2.75, 3.05) is 18.5 Å². The molecule has 1 atom stereocenters. The predicted molar refractivity (Wildman–Crippen MR) is 93.0 cm³/mol. The molecule has 130 valence electrons. The van der Waals surface area contributed by atoms with Crippen molar-refractivity contribution >= 4 is 11.7 Å². The molecule has 1 rings (SSSR count). The first-order chi connectivity index (χ1) is 10.7. The minimum Gasteiger partial charge on any atom is -0.491 e. The third-order valence-corrected chi connectivity index (χ3v) is 2.84. The molecule has 2 amide bonds. The van der Waals surface area contributed by atoms with E-state index in [-0.39, 0.29) is 24.2 Å². The molecule has 6 heteroatoms. The molecule has 0 saturated carbocycles. The second kappa shape index (κ2) is 8.74. The van der Waals surface area contributed by atoms with Crippen molar-refractivity contribution in [2.45, 2.75) is 52.3 Å². The maximum Gasteiger partial charge on any atom is 0.319 e. The van der Waals surface area contributed by atoms with E-state index >= 15 is 0 Å². The van der Waals surface area contributed by atoms with Gasteiger partial charge in [-0.3, -0.25) is 0 Å². The molecule has 0 aromatic heterocycles.